The standard InChI is InChI=1S/C13H21ClN2/c1-4-11(3)9-16(5-2)10-12-6-7-13(14)15-8-12/h6-8,11H,4-5,9-10H2,1-3H3. The molecule has 0 aliphatic carbocycles. The quantitative estimate of drug-likeness (QED) is 0.707. The van der Waals surface area contributed by atoms with E-state index in [2.05, 4.69) is 36.7 Å². The molecule has 0 bridgehead atoms. The van der Waals surface area contributed by atoms with Crippen LogP contribution in [0.1, 0.15) is 32.8 Å². The van der Waals surface area contributed by atoms with E-state index in [0.717, 1.165) is 25.6 Å². The van der Waals surface area contributed by atoms with E-state index in [1.54, 1.807) is 0 Å². The summed E-state index contributed by atoms with van der Waals surface area (Å²) in [6.45, 7) is 9.92. The number of hydrogen-bond donors (Lipinski definition) is 0. The van der Waals surface area contributed by atoms with Gasteiger partial charge in [0.1, 0.15) is 5.15 Å². The van der Waals surface area contributed by atoms with Crippen LogP contribution in [0.2, 0.25) is 5.15 Å². The Balaban J connectivity index is 2.52. The molecular formula is C13H21ClN2. The Morgan fingerprint density at radius 2 is 2.12 bits per heavy atom. The van der Waals surface area contributed by atoms with E-state index in [4.69, 9.17) is 11.6 Å². The van der Waals surface area contributed by atoms with Crippen LogP contribution in [-0.4, -0.2) is 23.0 Å². The number of halogens is 1. The predicted molar refractivity (Wildman–Crippen MR) is 69.7 cm³/mol. The van der Waals surface area contributed by atoms with Gasteiger partial charge >= 0.3 is 0 Å². The molecule has 3 heteroatoms. The highest BCUT2D eigenvalue weighted by molar-refractivity contribution is 6.29. The van der Waals surface area contributed by atoms with E-state index in [9.17, 15) is 0 Å². The van der Waals surface area contributed by atoms with Gasteiger partial charge in [-0.25, -0.2) is 4.98 Å². The van der Waals surface area contributed by atoms with E-state index < -0.39 is 0 Å². The van der Waals surface area contributed by atoms with Crippen LogP contribution < -0.4 is 0 Å². The number of pyridine rings is 1. The zero-order valence-electron chi connectivity index (χ0n) is 10.4. The van der Waals surface area contributed by atoms with Crippen LogP contribution in [0, 0.1) is 5.92 Å². The summed E-state index contributed by atoms with van der Waals surface area (Å²) in [5.41, 5.74) is 1.23. The molecule has 0 radical (unpaired) electrons. The maximum atomic E-state index is 5.76. The van der Waals surface area contributed by atoms with Gasteiger partial charge in [0, 0.05) is 19.3 Å². The fourth-order valence-electron chi connectivity index (χ4n) is 1.63. The zero-order valence-corrected chi connectivity index (χ0v) is 11.2. The van der Waals surface area contributed by atoms with Crippen LogP contribution in [0.5, 0.6) is 0 Å². The minimum absolute atomic E-state index is 0.564. The second-order valence-corrected chi connectivity index (χ2v) is 4.72. The highest BCUT2D eigenvalue weighted by Crippen LogP contribution is 2.10. The van der Waals surface area contributed by atoms with Crippen molar-refractivity contribution in [2.45, 2.75) is 33.7 Å². The average molecular weight is 241 g/mol. The summed E-state index contributed by atoms with van der Waals surface area (Å²) in [6.07, 6.45) is 3.09. The molecular weight excluding hydrogens is 220 g/mol. The normalized spacial score (nSPS) is 13.1. The fraction of sp³-hybridized carbons (Fsp3) is 0.615. The minimum Gasteiger partial charge on any atom is -0.299 e. The molecule has 1 rings (SSSR count). The van der Waals surface area contributed by atoms with E-state index in [-0.39, 0.29) is 0 Å². The van der Waals surface area contributed by atoms with E-state index in [1.807, 2.05) is 12.3 Å². The lowest BCUT2D eigenvalue weighted by atomic mass is 10.1. The van der Waals surface area contributed by atoms with Gasteiger partial charge in [-0.2, -0.15) is 0 Å². The largest absolute Gasteiger partial charge is 0.299 e. The van der Waals surface area contributed by atoms with Crippen molar-refractivity contribution in [1.29, 1.82) is 0 Å². The molecule has 1 heterocycles. The summed E-state index contributed by atoms with van der Waals surface area (Å²) in [4.78, 5) is 6.55. The highest BCUT2D eigenvalue weighted by Gasteiger charge is 2.07. The third-order valence-electron chi connectivity index (χ3n) is 2.91. The highest BCUT2D eigenvalue weighted by atomic mass is 35.5. The summed E-state index contributed by atoms with van der Waals surface area (Å²) < 4.78 is 0. The lowest BCUT2D eigenvalue weighted by Gasteiger charge is -2.23. The molecule has 0 saturated heterocycles. The SMILES string of the molecule is CCC(C)CN(CC)Cc1ccc(Cl)nc1. The van der Waals surface area contributed by atoms with Gasteiger partial charge in [0.25, 0.3) is 0 Å². The van der Waals surface area contributed by atoms with Gasteiger partial charge < -0.3 is 0 Å². The summed E-state index contributed by atoms with van der Waals surface area (Å²) in [5.74, 6) is 0.750. The first kappa shape index (κ1) is 13.5. The van der Waals surface area contributed by atoms with Crippen molar-refractivity contribution < 1.29 is 0 Å². The van der Waals surface area contributed by atoms with Crippen molar-refractivity contribution in [2.24, 2.45) is 5.92 Å². The van der Waals surface area contributed by atoms with Crippen LogP contribution in [0.25, 0.3) is 0 Å². The Bertz CT molecular complexity index is 297. The van der Waals surface area contributed by atoms with E-state index >= 15 is 0 Å². The minimum atomic E-state index is 0.564. The topological polar surface area (TPSA) is 16.1 Å². The molecule has 90 valence electrons. The molecule has 2 nitrogen and oxygen atoms in total. The Morgan fingerprint density at radius 3 is 2.62 bits per heavy atom. The van der Waals surface area contributed by atoms with Gasteiger partial charge in [-0.1, -0.05) is 44.9 Å². The second-order valence-electron chi connectivity index (χ2n) is 4.33. The van der Waals surface area contributed by atoms with Crippen molar-refractivity contribution in [1.82, 2.24) is 9.88 Å². The molecule has 1 atom stereocenters. The molecule has 1 unspecified atom stereocenters. The Hall–Kier alpha value is -0.600. The monoisotopic (exact) mass is 240 g/mol. The average Bonchev–Trinajstić information content (AvgIpc) is 2.30. The Morgan fingerprint density at radius 1 is 1.38 bits per heavy atom. The number of rotatable bonds is 6. The van der Waals surface area contributed by atoms with Gasteiger partial charge in [-0.3, -0.25) is 4.90 Å². The lowest BCUT2D eigenvalue weighted by molar-refractivity contribution is 0.238. The molecule has 0 fully saturated rings. The predicted octanol–water partition coefficient (Wildman–Crippen LogP) is 3.60. The van der Waals surface area contributed by atoms with E-state index in [0.29, 0.717) is 5.15 Å². The Kier molecular flexibility index (Phi) is 5.78. The van der Waals surface area contributed by atoms with Crippen LogP contribution in [0.3, 0.4) is 0 Å². The summed E-state index contributed by atoms with van der Waals surface area (Å²) in [7, 11) is 0. The van der Waals surface area contributed by atoms with Crippen molar-refractivity contribution in [3.8, 4) is 0 Å². The van der Waals surface area contributed by atoms with Crippen molar-refractivity contribution >= 4 is 11.6 Å². The maximum absolute atomic E-state index is 5.76. The molecule has 1 aromatic heterocycles. The molecule has 0 N–H and O–H groups in total. The summed E-state index contributed by atoms with van der Waals surface area (Å²) in [6, 6.07) is 3.91. The third kappa shape index (κ3) is 4.50. The molecule has 0 amide bonds. The van der Waals surface area contributed by atoms with Gasteiger partial charge in [0.15, 0.2) is 0 Å². The second kappa shape index (κ2) is 6.87. The summed E-state index contributed by atoms with van der Waals surface area (Å²) in [5, 5.41) is 0.564. The first-order valence-electron chi connectivity index (χ1n) is 5.98. The fourth-order valence-corrected chi connectivity index (χ4v) is 1.75. The number of nitrogens with zero attached hydrogens (tertiary/aromatic N) is 2. The van der Waals surface area contributed by atoms with Crippen LogP contribution in [0.4, 0.5) is 0 Å². The molecule has 0 aliphatic rings. The molecule has 0 aromatic carbocycles. The van der Waals surface area contributed by atoms with Crippen LogP contribution >= 0.6 is 11.6 Å². The molecule has 1 aromatic rings. The molecule has 0 aliphatic heterocycles. The number of aromatic nitrogens is 1. The molecule has 0 spiro atoms. The first-order valence-corrected chi connectivity index (χ1v) is 6.36. The Labute approximate surface area is 104 Å². The number of hydrogen-bond acceptors (Lipinski definition) is 2. The summed E-state index contributed by atoms with van der Waals surface area (Å²) >= 11 is 5.76. The van der Waals surface area contributed by atoms with Gasteiger partial charge in [0.05, 0.1) is 0 Å². The van der Waals surface area contributed by atoms with E-state index in [1.165, 1.54) is 12.0 Å². The zero-order chi connectivity index (χ0) is 12.0. The van der Waals surface area contributed by atoms with Crippen LogP contribution in [-0.2, 0) is 6.54 Å². The third-order valence-corrected chi connectivity index (χ3v) is 3.13. The van der Waals surface area contributed by atoms with Crippen molar-refractivity contribution in [3.63, 3.8) is 0 Å². The van der Waals surface area contributed by atoms with Crippen molar-refractivity contribution in [2.75, 3.05) is 13.1 Å². The maximum Gasteiger partial charge on any atom is 0.129 e. The van der Waals surface area contributed by atoms with Gasteiger partial charge in [0.2, 0.25) is 0 Å². The lowest BCUT2D eigenvalue weighted by Crippen LogP contribution is -2.27. The molecule has 16 heavy (non-hydrogen) atoms. The smallest absolute Gasteiger partial charge is 0.129 e. The van der Waals surface area contributed by atoms with Gasteiger partial charge in [-0.15, -0.1) is 0 Å². The first-order chi connectivity index (χ1) is 7.65. The van der Waals surface area contributed by atoms with Gasteiger partial charge in [-0.05, 0) is 24.1 Å². The van der Waals surface area contributed by atoms with Crippen molar-refractivity contribution in [3.05, 3.63) is 29.0 Å². The molecule has 0 saturated carbocycles. The van der Waals surface area contributed by atoms with Crippen LogP contribution in [0.15, 0.2) is 18.3 Å².